The average Bonchev–Trinajstić information content (AvgIpc) is 2.51. The zero-order valence-electron chi connectivity index (χ0n) is 12.1. The second-order valence-electron chi connectivity index (χ2n) is 5.29. The third-order valence-electron chi connectivity index (χ3n) is 3.68. The van der Waals surface area contributed by atoms with E-state index in [1.54, 1.807) is 0 Å². The summed E-state index contributed by atoms with van der Waals surface area (Å²) in [7, 11) is 0. The Morgan fingerprint density at radius 3 is 2.57 bits per heavy atom. The number of hydrogen-bond acceptors (Lipinski definition) is 2. The first kappa shape index (κ1) is 13.6. The SMILES string of the molecule is CCCc1cccc(Cc2n[nH]c(=O)c3ccccc23)c1. The topological polar surface area (TPSA) is 45.8 Å². The number of aryl methyl sites for hydroxylation is 1. The second-order valence-corrected chi connectivity index (χ2v) is 5.29. The van der Waals surface area contributed by atoms with Crippen molar-refractivity contribution in [1.82, 2.24) is 10.2 Å². The summed E-state index contributed by atoms with van der Waals surface area (Å²) in [6.07, 6.45) is 2.96. The standard InChI is InChI=1S/C18H18N2O/c1-2-6-13-7-5-8-14(11-13)12-17-15-9-3-4-10-16(15)18(21)20-19-17/h3-5,7-11H,2,6,12H2,1H3,(H,20,21). The van der Waals surface area contributed by atoms with Crippen LogP contribution in [0.5, 0.6) is 0 Å². The number of nitrogens with zero attached hydrogens (tertiary/aromatic N) is 1. The predicted molar refractivity (Wildman–Crippen MR) is 85.6 cm³/mol. The molecule has 0 unspecified atom stereocenters. The van der Waals surface area contributed by atoms with Gasteiger partial charge < -0.3 is 0 Å². The fourth-order valence-corrected chi connectivity index (χ4v) is 2.68. The lowest BCUT2D eigenvalue weighted by Crippen LogP contribution is -2.11. The number of H-pyrrole nitrogens is 1. The lowest BCUT2D eigenvalue weighted by Gasteiger charge is -2.07. The van der Waals surface area contributed by atoms with Crippen LogP contribution in [0.1, 0.15) is 30.2 Å². The Balaban J connectivity index is 2.00. The third-order valence-corrected chi connectivity index (χ3v) is 3.68. The van der Waals surface area contributed by atoms with Crippen molar-refractivity contribution in [1.29, 1.82) is 0 Å². The van der Waals surface area contributed by atoms with Crippen molar-refractivity contribution in [3.8, 4) is 0 Å². The Bertz CT molecular complexity index is 821. The molecule has 0 spiro atoms. The molecule has 3 nitrogen and oxygen atoms in total. The van der Waals surface area contributed by atoms with E-state index in [0.29, 0.717) is 5.39 Å². The highest BCUT2D eigenvalue weighted by Gasteiger charge is 2.07. The first-order valence-corrected chi connectivity index (χ1v) is 7.32. The molecule has 1 N–H and O–H groups in total. The lowest BCUT2D eigenvalue weighted by molar-refractivity contribution is 0.910. The van der Waals surface area contributed by atoms with E-state index in [2.05, 4.69) is 41.4 Å². The van der Waals surface area contributed by atoms with Crippen LogP contribution in [-0.4, -0.2) is 10.2 Å². The van der Waals surface area contributed by atoms with E-state index in [-0.39, 0.29) is 5.56 Å². The maximum atomic E-state index is 11.8. The van der Waals surface area contributed by atoms with Gasteiger partial charge in [0.1, 0.15) is 0 Å². The number of hydrogen-bond donors (Lipinski definition) is 1. The quantitative estimate of drug-likeness (QED) is 0.794. The summed E-state index contributed by atoms with van der Waals surface area (Å²) in [5.41, 5.74) is 3.36. The van der Waals surface area contributed by atoms with Gasteiger partial charge in [0.05, 0.1) is 11.1 Å². The summed E-state index contributed by atoms with van der Waals surface area (Å²) < 4.78 is 0. The Morgan fingerprint density at radius 1 is 1.00 bits per heavy atom. The van der Waals surface area contributed by atoms with E-state index in [0.717, 1.165) is 30.3 Å². The van der Waals surface area contributed by atoms with E-state index in [1.807, 2.05) is 24.3 Å². The molecule has 1 heterocycles. The van der Waals surface area contributed by atoms with Crippen LogP contribution >= 0.6 is 0 Å². The van der Waals surface area contributed by atoms with Crippen molar-refractivity contribution in [3.63, 3.8) is 0 Å². The monoisotopic (exact) mass is 278 g/mol. The predicted octanol–water partition coefficient (Wildman–Crippen LogP) is 3.47. The Kier molecular flexibility index (Phi) is 3.82. The normalized spacial score (nSPS) is 10.9. The molecule has 0 amide bonds. The van der Waals surface area contributed by atoms with E-state index in [1.165, 1.54) is 11.1 Å². The van der Waals surface area contributed by atoms with Gasteiger partial charge >= 0.3 is 0 Å². The number of benzene rings is 2. The first-order valence-electron chi connectivity index (χ1n) is 7.32. The van der Waals surface area contributed by atoms with Crippen molar-refractivity contribution in [2.24, 2.45) is 0 Å². The van der Waals surface area contributed by atoms with Crippen LogP contribution in [0.2, 0.25) is 0 Å². The van der Waals surface area contributed by atoms with Gasteiger partial charge in [0, 0.05) is 11.8 Å². The van der Waals surface area contributed by atoms with Crippen molar-refractivity contribution in [3.05, 3.63) is 75.7 Å². The minimum absolute atomic E-state index is 0.130. The molecule has 2 aromatic carbocycles. The van der Waals surface area contributed by atoms with Crippen LogP contribution in [0.15, 0.2) is 53.3 Å². The summed E-state index contributed by atoms with van der Waals surface area (Å²) >= 11 is 0. The molecule has 0 fully saturated rings. The molecular formula is C18H18N2O. The van der Waals surface area contributed by atoms with Gasteiger partial charge in [0.2, 0.25) is 0 Å². The molecule has 0 radical (unpaired) electrons. The van der Waals surface area contributed by atoms with Gasteiger partial charge in [-0.2, -0.15) is 5.10 Å². The maximum Gasteiger partial charge on any atom is 0.272 e. The second kappa shape index (κ2) is 5.92. The van der Waals surface area contributed by atoms with E-state index < -0.39 is 0 Å². The molecule has 0 atom stereocenters. The number of aromatic amines is 1. The van der Waals surface area contributed by atoms with Crippen molar-refractivity contribution >= 4 is 10.8 Å². The van der Waals surface area contributed by atoms with Crippen LogP contribution in [0.3, 0.4) is 0 Å². The molecule has 0 saturated carbocycles. The largest absolute Gasteiger partial charge is 0.272 e. The van der Waals surface area contributed by atoms with Gasteiger partial charge in [-0.05, 0) is 23.6 Å². The van der Waals surface area contributed by atoms with Crippen LogP contribution in [0.4, 0.5) is 0 Å². The van der Waals surface area contributed by atoms with Crippen molar-refractivity contribution in [2.75, 3.05) is 0 Å². The molecule has 0 saturated heterocycles. The molecule has 21 heavy (non-hydrogen) atoms. The summed E-state index contributed by atoms with van der Waals surface area (Å²) in [5.74, 6) is 0. The number of aromatic nitrogens is 2. The van der Waals surface area contributed by atoms with E-state index in [4.69, 9.17) is 0 Å². The fourth-order valence-electron chi connectivity index (χ4n) is 2.68. The molecule has 0 aliphatic rings. The van der Waals surface area contributed by atoms with Gasteiger partial charge in [0.25, 0.3) is 5.56 Å². The van der Waals surface area contributed by atoms with Crippen molar-refractivity contribution in [2.45, 2.75) is 26.2 Å². The fraction of sp³-hybridized carbons (Fsp3) is 0.222. The average molecular weight is 278 g/mol. The maximum absolute atomic E-state index is 11.8. The highest BCUT2D eigenvalue weighted by molar-refractivity contribution is 5.83. The van der Waals surface area contributed by atoms with Gasteiger partial charge in [-0.25, -0.2) is 5.10 Å². The highest BCUT2D eigenvalue weighted by Crippen LogP contribution is 2.17. The molecular weight excluding hydrogens is 260 g/mol. The van der Waals surface area contributed by atoms with Gasteiger partial charge in [-0.3, -0.25) is 4.79 Å². The molecule has 3 rings (SSSR count). The van der Waals surface area contributed by atoms with Gasteiger partial charge in [-0.1, -0.05) is 55.8 Å². The molecule has 0 bridgehead atoms. The molecule has 3 heteroatoms. The molecule has 3 aromatic rings. The summed E-state index contributed by atoms with van der Waals surface area (Å²) in [5, 5.41) is 8.47. The van der Waals surface area contributed by atoms with Gasteiger partial charge in [0.15, 0.2) is 0 Å². The van der Waals surface area contributed by atoms with Gasteiger partial charge in [-0.15, -0.1) is 0 Å². The van der Waals surface area contributed by atoms with Crippen LogP contribution in [-0.2, 0) is 12.8 Å². The third kappa shape index (κ3) is 2.87. The molecule has 0 aliphatic heterocycles. The number of nitrogens with one attached hydrogen (secondary N) is 1. The molecule has 106 valence electrons. The summed E-state index contributed by atoms with van der Waals surface area (Å²) in [6, 6.07) is 16.2. The minimum atomic E-state index is -0.130. The Labute approximate surface area is 123 Å². The molecule has 0 aliphatic carbocycles. The Hall–Kier alpha value is -2.42. The van der Waals surface area contributed by atoms with Crippen LogP contribution < -0.4 is 5.56 Å². The minimum Gasteiger partial charge on any atom is -0.267 e. The zero-order chi connectivity index (χ0) is 14.7. The van der Waals surface area contributed by atoms with Crippen LogP contribution in [0, 0.1) is 0 Å². The van der Waals surface area contributed by atoms with Crippen LogP contribution in [0.25, 0.3) is 10.8 Å². The number of rotatable bonds is 4. The Morgan fingerprint density at radius 2 is 1.76 bits per heavy atom. The summed E-state index contributed by atoms with van der Waals surface area (Å²) in [4.78, 5) is 11.8. The zero-order valence-corrected chi connectivity index (χ0v) is 12.1. The van der Waals surface area contributed by atoms with Crippen molar-refractivity contribution < 1.29 is 0 Å². The highest BCUT2D eigenvalue weighted by atomic mass is 16.1. The smallest absolute Gasteiger partial charge is 0.267 e. The summed E-state index contributed by atoms with van der Waals surface area (Å²) in [6.45, 7) is 2.18. The molecule has 1 aromatic heterocycles. The first-order chi connectivity index (χ1) is 10.3. The lowest BCUT2D eigenvalue weighted by atomic mass is 10.0. The van der Waals surface area contributed by atoms with E-state index in [9.17, 15) is 4.79 Å². The number of fused-ring (bicyclic) bond motifs is 1. The van der Waals surface area contributed by atoms with E-state index >= 15 is 0 Å².